The molecule has 1 aromatic heterocycles. The van der Waals surface area contributed by atoms with Crippen molar-refractivity contribution in [3.05, 3.63) is 30.1 Å². The van der Waals surface area contributed by atoms with Gasteiger partial charge in [-0.25, -0.2) is 0 Å². The predicted octanol–water partition coefficient (Wildman–Crippen LogP) is 2.93. The predicted molar refractivity (Wildman–Crippen MR) is 99.7 cm³/mol. The van der Waals surface area contributed by atoms with E-state index < -0.39 is 0 Å². The number of aromatic nitrogens is 3. The van der Waals surface area contributed by atoms with Gasteiger partial charge in [0.25, 0.3) is 0 Å². The van der Waals surface area contributed by atoms with E-state index in [2.05, 4.69) is 34.7 Å². The van der Waals surface area contributed by atoms with Crippen LogP contribution in [-0.2, 0) is 16.1 Å². The van der Waals surface area contributed by atoms with Crippen molar-refractivity contribution >= 4 is 35.0 Å². The van der Waals surface area contributed by atoms with Crippen LogP contribution in [0.1, 0.15) is 26.6 Å². The van der Waals surface area contributed by atoms with Crippen LogP contribution in [0, 0.1) is 12.8 Å². The van der Waals surface area contributed by atoms with Crippen molar-refractivity contribution < 1.29 is 9.59 Å². The Balaban J connectivity index is 1.90. The van der Waals surface area contributed by atoms with Crippen LogP contribution in [0.4, 0.5) is 11.4 Å². The summed E-state index contributed by atoms with van der Waals surface area (Å²) >= 11 is 1.37. The minimum atomic E-state index is -0.131. The third kappa shape index (κ3) is 5.90. The van der Waals surface area contributed by atoms with Crippen molar-refractivity contribution in [2.75, 3.05) is 16.4 Å². The average Bonchev–Trinajstić information content (AvgIpc) is 2.87. The molecule has 0 radical (unpaired) electrons. The maximum absolute atomic E-state index is 12.1. The topological polar surface area (TPSA) is 88.9 Å². The van der Waals surface area contributed by atoms with Gasteiger partial charge in [0, 0.05) is 24.8 Å². The van der Waals surface area contributed by atoms with Gasteiger partial charge in [0.1, 0.15) is 5.82 Å². The molecule has 2 rings (SSSR count). The molecule has 2 N–H and O–H groups in total. The smallest absolute Gasteiger partial charge is 0.234 e. The Kier molecular flexibility index (Phi) is 6.58. The van der Waals surface area contributed by atoms with Crippen molar-refractivity contribution in [1.29, 1.82) is 0 Å². The van der Waals surface area contributed by atoms with E-state index in [1.165, 1.54) is 18.7 Å². The molecule has 7 nitrogen and oxygen atoms in total. The number of benzene rings is 1. The van der Waals surface area contributed by atoms with Gasteiger partial charge in [-0.15, -0.1) is 10.2 Å². The van der Waals surface area contributed by atoms with Gasteiger partial charge in [-0.1, -0.05) is 25.6 Å². The van der Waals surface area contributed by atoms with Gasteiger partial charge in [0.2, 0.25) is 11.8 Å². The summed E-state index contributed by atoms with van der Waals surface area (Å²) in [5.41, 5.74) is 1.37. The number of nitrogens with zero attached hydrogens (tertiary/aromatic N) is 3. The highest BCUT2D eigenvalue weighted by atomic mass is 32.2. The fourth-order valence-electron chi connectivity index (χ4n) is 2.21. The van der Waals surface area contributed by atoms with E-state index in [0.29, 0.717) is 17.3 Å². The minimum Gasteiger partial charge on any atom is -0.326 e. The van der Waals surface area contributed by atoms with Gasteiger partial charge in [-0.3, -0.25) is 9.59 Å². The first kappa shape index (κ1) is 19.0. The van der Waals surface area contributed by atoms with E-state index >= 15 is 0 Å². The Morgan fingerprint density at radius 3 is 2.28 bits per heavy atom. The van der Waals surface area contributed by atoms with Crippen LogP contribution in [0.25, 0.3) is 0 Å². The molecule has 0 aliphatic heterocycles. The molecule has 0 saturated carbocycles. The molecule has 0 unspecified atom stereocenters. The maximum atomic E-state index is 12.1. The van der Waals surface area contributed by atoms with Gasteiger partial charge in [0.05, 0.1) is 5.75 Å². The zero-order valence-electron chi connectivity index (χ0n) is 14.9. The number of aryl methyl sites for hydroxylation is 1. The molecule has 0 spiro atoms. The van der Waals surface area contributed by atoms with E-state index in [4.69, 9.17) is 0 Å². The third-order valence-corrected chi connectivity index (χ3v) is 4.24. The van der Waals surface area contributed by atoms with E-state index in [1.807, 2.05) is 11.5 Å². The van der Waals surface area contributed by atoms with Crippen LogP contribution in [0.5, 0.6) is 0 Å². The molecule has 134 valence electrons. The highest BCUT2D eigenvalue weighted by molar-refractivity contribution is 7.99. The number of carbonyl (C=O) groups excluding carboxylic acids is 2. The molecule has 0 saturated heterocycles. The molecule has 0 aliphatic carbocycles. The zero-order valence-corrected chi connectivity index (χ0v) is 15.7. The quantitative estimate of drug-likeness (QED) is 0.740. The molecular weight excluding hydrogens is 338 g/mol. The Morgan fingerprint density at radius 2 is 1.72 bits per heavy atom. The number of nitrogens with one attached hydrogen (secondary N) is 2. The van der Waals surface area contributed by atoms with E-state index in [9.17, 15) is 9.59 Å². The number of anilines is 2. The highest BCUT2D eigenvalue weighted by Crippen LogP contribution is 2.19. The Hall–Kier alpha value is -2.35. The molecule has 1 heterocycles. The number of amides is 2. The molecule has 0 atom stereocenters. The molecular formula is C17H23N5O2S. The third-order valence-electron chi connectivity index (χ3n) is 3.27. The summed E-state index contributed by atoms with van der Waals surface area (Å²) in [6, 6.07) is 6.98. The van der Waals surface area contributed by atoms with Gasteiger partial charge < -0.3 is 15.2 Å². The molecule has 25 heavy (non-hydrogen) atoms. The number of hydrogen-bond donors (Lipinski definition) is 2. The van der Waals surface area contributed by atoms with Gasteiger partial charge >= 0.3 is 0 Å². The Morgan fingerprint density at radius 1 is 1.12 bits per heavy atom. The second kappa shape index (κ2) is 8.66. The molecule has 0 bridgehead atoms. The van der Waals surface area contributed by atoms with Crippen molar-refractivity contribution in [1.82, 2.24) is 14.8 Å². The van der Waals surface area contributed by atoms with Crippen LogP contribution in [0.15, 0.2) is 29.4 Å². The molecule has 0 fully saturated rings. The van der Waals surface area contributed by atoms with Crippen LogP contribution in [0.2, 0.25) is 0 Å². The molecule has 0 aliphatic rings. The SMILES string of the molecule is CC(=O)Nc1ccc(NC(=O)CSc2nnc(C)n2CC(C)C)cc1. The lowest BCUT2D eigenvalue weighted by Crippen LogP contribution is -2.15. The van der Waals surface area contributed by atoms with Crippen LogP contribution in [0.3, 0.4) is 0 Å². The zero-order chi connectivity index (χ0) is 18.4. The number of rotatable bonds is 7. The lowest BCUT2D eigenvalue weighted by atomic mass is 10.2. The first-order valence-electron chi connectivity index (χ1n) is 8.05. The van der Waals surface area contributed by atoms with Gasteiger partial charge in [-0.05, 0) is 37.1 Å². The van der Waals surface area contributed by atoms with Gasteiger partial charge in [0.15, 0.2) is 5.16 Å². The lowest BCUT2D eigenvalue weighted by Gasteiger charge is -2.11. The minimum absolute atomic E-state index is 0.117. The molecule has 2 amide bonds. The second-order valence-corrected chi connectivity index (χ2v) is 7.07. The van der Waals surface area contributed by atoms with E-state index in [-0.39, 0.29) is 17.6 Å². The summed E-state index contributed by atoms with van der Waals surface area (Å²) in [5.74, 6) is 1.34. The fourth-order valence-corrected chi connectivity index (χ4v) is 3.00. The van der Waals surface area contributed by atoms with Crippen LogP contribution >= 0.6 is 11.8 Å². The number of hydrogen-bond acceptors (Lipinski definition) is 5. The number of carbonyl (C=O) groups is 2. The molecule has 1 aromatic carbocycles. The van der Waals surface area contributed by atoms with Gasteiger partial charge in [-0.2, -0.15) is 0 Å². The Labute approximate surface area is 151 Å². The van der Waals surface area contributed by atoms with E-state index in [0.717, 1.165) is 17.5 Å². The van der Waals surface area contributed by atoms with Crippen LogP contribution < -0.4 is 10.6 Å². The first-order chi connectivity index (χ1) is 11.8. The summed E-state index contributed by atoms with van der Waals surface area (Å²) in [6.07, 6.45) is 0. The number of thioether (sulfide) groups is 1. The first-order valence-corrected chi connectivity index (χ1v) is 9.04. The standard InChI is InChI=1S/C17H23N5O2S/c1-11(2)9-22-12(3)20-21-17(22)25-10-16(24)19-15-7-5-14(6-8-15)18-13(4)23/h5-8,11H,9-10H2,1-4H3,(H,18,23)(H,19,24). The summed E-state index contributed by atoms with van der Waals surface area (Å²) in [6.45, 7) is 8.45. The lowest BCUT2D eigenvalue weighted by molar-refractivity contribution is -0.114. The summed E-state index contributed by atoms with van der Waals surface area (Å²) in [5, 5.41) is 14.5. The highest BCUT2D eigenvalue weighted by Gasteiger charge is 2.13. The van der Waals surface area contributed by atoms with E-state index in [1.54, 1.807) is 24.3 Å². The molecule has 8 heteroatoms. The normalized spacial score (nSPS) is 10.8. The fraction of sp³-hybridized carbons (Fsp3) is 0.412. The van der Waals surface area contributed by atoms with Crippen molar-refractivity contribution in [3.8, 4) is 0 Å². The monoisotopic (exact) mass is 361 g/mol. The summed E-state index contributed by atoms with van der Waals surface area (Å²) in [7, 11) is 0. The maximum Gasteiger partial charge on any atom is 0.234 e. The largest absolute Gasteiger partial charge is 0.326 e. The van der Waals surface area contributed by atoms with Crippen molar-refractivity contribution in [3.63, 3.8) is 0 Å². The van der Waals surface area contributed by atoms with Crippen molar-refractivity contribution in [2.45, 2.75) is 39.4 Å². The van der Waals surface area contributed by atoms with Crippen molar-refractivity contribution in [2.24, 2.45) is 5.92 Å². The summed E-state index contributed by atoms with van der Waals surface area (Å²) < 4.78 is 2.03. The summed E-state index contributed by atoms with van der Waals surface area (Å²) in [4.78, 5) is 23.1. The second-order valence-electron chi connectivity index (χ2n) is 6.13. The van der Waals surface area contributed by atoms with Crippen LogP contribution in [-0.4, -0.2) is 32.3 Å². The Bertz CT molecular complexity index is 740. The average molecular weight is 361 g/mol. The molecule has 2 aromatic rings.